The lowest BCUT2D eigenvalue weighted by molar-refractivity contribution is 0.687. The Morgan fingerprint density at radius 3 is 2.90 bits per heavy atom. The lowest BCUT2D eigenvalue weighted by atomic mass is 10.4. The quantitative estimate of drug-likeness (QED) is 0.469. The van der Waals surface area contributed by atoms with E-state index in [0.717, 1.165) is 24.8 Å². The summed E-state index contributed by atoms with van der Waals surface area (Å²) in [5.74, 6) is 0. The van der Waals surface area contributed by atoms with Crippen molar-refractivity contribution in [2.75, 3.05) is 19.3 Å². The molecule has 0 aliphatic carbocycles. The van der Waals surface area contributed by atoms with Crippen LogP contribution in [0.15, 0.2) is 12.7 Å². The van der Waals surface area contributed by atoms with Crippen molar-refractivity contribution in [1.82, 2.24) is 5.32 Å². The van der Waals surface area contributed by atoms with Gasteiger partial charge < -0.3 is 5.32 Å². The standard InChI is InChI=1S/C8H17NS/c1-4-5-6-9-7-8(2)10-3/h4,8-9H,1,5-7H2,2-3H3. The van der Waals surface area contributed by atoms with Crippen molar-refractivity contribution in [3.8, 4) is 0 Å². The van der Waals surface area contributed by atoms with E-state index < -0.39 is 0 Å². The molecule has 0 aromatic rings. The van der Waals surface area contributed by atoms with Crippen molar-refractivity contribution in [3.05, 3.63) is 12.7 Å². The van der Waals surface area contributed by atoms with Crippen molar-refractivity contribution in [3.63, 3.8) is 0 Å². The summed E-state index contributed by atoms with van der Waals surface area (Å²) in [7, 11) is 0. The molecule has 0 saturated carbocycles. The summed E-state index contributed by atoms with van der Waals surface area (Å²) in [5.41, 5.74) is 0. The molecule has 0 rings (SSSR count). The fraction of sp³-hybridized carbons (Fsp3) is 0.750. The molecule has 0 amide bonds. The third-order valence-electron chi connectivity index (χ3n) is 1.36. The Labute approximate surface area is 68.3 Å². The molecular weight excluding hydrogens is 142 g/mol. The Balaban J connectivity index is 2.95. The van der Waals surface area contributed by atoms with Crippen molar-refractivity contribution in [1.29, 1.82) is 0 Å². The molecule has 0 aromatic heterocycles. The van der Waals surface area contributed by atoms with Gasteiger partial charge in [-0.15, -0.1) is 6.58 Å². The van der Waals surface area contributed by atoms with Crippen molar-refractivity contribution >= 4 is 11.8 Å². The van der Waals surface area contributed by atoms with Gasteiger partial charge in [0.25, 0.3) is 0 Å². The van der Waals surface area contributed by atoms with E-state index >= 15 is 0 Å². The Morgan fingerprint density at radius 2 is 2.40 bits per heavy atom. The molecule has 0 fully saturated rings. The third kappa shape index (κ3) is 6.17. The van der Waals surface area contributed by atoms with Gasteiger partial charge in [-0.3, -0.25) is 0 Å². The highest BCUT2D eigenvalue weighted by atomic mass is 32.2. The average molecular weight is 159 g/mol. The third-order valence-corrected chi connectivity index (χ3v) is 2.33. The lowest BCUT2D eigenvalue weighted by Crippen LogP contribution is -2.23. The topological polar surface area (TPSA) is 12.0 Å². The van der Waals surface area contributed by atoms with Crippen molar-refractivity contribution in [2.24, 2.45) is 0 Å². The molecule has 0 aromatic carbocycles. The SMILES string of the molecule is C=CCCNCC(C)SC. The van der Waals surface area contributed by atoms with Crippen LogP contribution in [-0.4, -0.2) is 24.6 Å². The number of rotatable bonds is 6. The van der Waals surface area contributed by atoms with Gasteiger partial charge in [-0.2, -0.15) is 11.8 Å². The van der Waals surface area contributed by atoms with Crippen LogP contribution < -0.4 is 5.32 Å². The predicted molar refractivity (Wildman–Crippen MR) is 50.7 cm³/mol. The van der Waals surface area contributed by atoms with E-state index in [0.29, 0.717) is 0 Å². The molecule has 0 spiro atoms. The van der Waals surface area contributed by atoms with Crippen LogP contribution in [0.25, 0.3) is 0 Å². The fourth-order valence-electron chi connectivity index (χ4n) is 0.593. The van der Waals surface area contributed by atoms with Crippen LogP contribution >= 0.6 is 11.8 Å². The molecule has 1 nitrogen and oxygen atoms in total. The first-order chi connectivity index (χ1) is 4.81. The van der Waals surface area contributed by atoms with Crippen LogP contribution in [0.1, 0.15) is 13.3 Å². The van der Waals surface area contributed by atoms with E-state index in [1.165, 1.54) is 0 Å². The van der Waals surface area contributed by atoms with Gasteiger partial charge >= 0.3 is 0 Å². The maximum Gasteiger partial charge on any atom is 0.0141 e. The molecule has 0 heterocycles. The summed E-state index contributed by atoms with van der Waals surface area (Å²) in [6.45, 7) is 8.05. The predicted octanol–water partition coefficient (Wildman–Crippen LogP) is 1.90. The van der Waals surface area contributed by atoms with E-state index in [-0.39, 0.29) is 0 Å². The Kier molecular flexibility index (Phi) is 7.20. The largest absolute Gasteiger partial charge is 0.315 e. The molecule has 10 heavy (non-hydrogen) atoms. The molecular formula is C8H17NS. The number of hydrogen-bond donors (Lipinski definition) is 1. The number of hydrogen-bond acceptors (Lipinski definition) is 2. The Hall–Kier alpha value is 0.0500. The van der Waals surface area contributed by atoms with Gasteiger partial charge in [0.15, 0.2) is 0 Å². The number of thioether (sulfide) groups is 1. The molecule has 60 valence electrons. The fourth-order valence-corrected chi connectivity index (χ4v) is 0.877. The average Bonchev–Trinajstić information content (AvgIpc) is 1.98. The van der Waals surface area contributed by atoms with Crippen LogP contribution in [-0.2, 0) is 0 Å². The van der Waals surface area contributed by atoms with Crippen LogP contribution in [0, 0.1) is 0 Å². The molecule has 2 heteroatoms. The molecule has 0 aliphatic heterocycles. The van der Waals surface area contributed by atoms with E-state index in [2.05, 4.69) is 25.1 Å². The highest BCUT2D eigenvalue weighted by Gasteiger charge is 1.95. The van der Waals surface area contributed by atoms with Crippen LogP contribution in [0.3, 0.4) is 0 Å². The highest BCUT2D eigenvalue weighted by molar-refractivity contribution is 7.99. The molecule has 0 radical (unpaired) electrons. The Bertz CT molecular complexity index is 83.3. The zero-order valence-electron chi connectivity index (χ0n) is 6.89. The highest BCUT2D eigenvalue weighted by Crippen LogP contribution is 2.01. The second-order valence-electron chi connectivity index (χ2n) is 2.33. The normalized spacial score (nSPS) is 13.0. The van der Waals surface area contributed by atoms with E-state index in [4.69, 9.17) is 0 Å². The molecule has 0 bridgehead atoms. The number of nitrogens with one attached hydrogen (secondary N) is 1. The minimum atomic E-state index is 0.727. The van der Waals surface area contributed by atoms with Crippen LogP contribution in [0.5, 0.6) is 0 Å². The maximum absolute atomic E-state index is 3.65. The lowest BCUT2D eigenvalue weighted by Gasteiger charge is -2.07. The minimum Gasteiger partial charge on any atom is -0.315 e. The minimum absolute atomic E-state index is 0.727. The van der Waals surface area contributed by atoms with Gasteiger partial charge in [0.05, 0.1) is 0 Å². The van der Waals surface area contributed by atoms with Crippen LogP contribution in [0.4, 0.5) is 0 Å². The summed E-state index contributed by atoms with van der Waals surface area (Å²) >= 11 is 1.89. The summed E-state index contributed by atoms with van der Waals surface area (Å²) < 4.78 is 0. The van der Waals surface area contributed by atoms with Gasteiger partial charge in [-0.25, -0.2) is 0 Å². The molecule has 1 unspecified atom stereocenters. The van der Waals surface area contributed by atoms with Gasteiger partial charge in [0.2, 0.25) is 0 Å². The first-order valence-corrected chi connectivity index (χ1v) is 4.94. The molecule has 0 saturated heterocycles. The van der Waals surface area contributed by atoms with E-state index in [1.807, 2.05) is 17.8 Å². The first kappa shape index (κ1) is 10.0. The Morgan fingerprint density at radius 1 is 1.70 bits per heavy atom. The molecule has 1 atom stereocenters. The van der Waals surface area contributed by atoms with Crippen LogP contribution in [0.2, 0.25) is 0 Å². The van der Waals surface area contributed by atoms with Gasteiger partial charge in [-0.1, -0.05) is 13.0 Å². The smallest absolute Gasteiger partial charge is 0.0141 e. The zero-order chi connectivity index (χ0) is 7.82. The van der Waals surface area contributed by atoms with Crippen molar-refractivity contribution in [2.45, 2.75) is 18.6 Å². The molecule has 0 aliphatic rings. The van der Waals surface area contributed by atoms with Gasteiger partial charge in [-0.05, 0) is 19.2 Å². The van der Waals surface area contributed by atoms with E-state index in [9.17, 15) is 0 Å². The second-order valence-corrected chi connectivity index (χ2v) is 3.60. The summed E-state index contributed by atoms with van der Waals surface area (Å²) in [6, 6.07) is 0. The first-order valence-electron chi connectivity index (χ1n) is 3.65. The summed E-state index contributed by atoms with van der Waals surface area (Å²) in [5, 5.41) is 4.07. The van der Waals surface area contributed by atoms with Gasteiger partial charge in [0.1, 0.15) is 0 Å². The zero-order valence-corrected chi connectivity index (χ0v) is 7.71. The second kappa shape index (κ2) is 7.16. The van der Waals surface area contributed by atoms with Crippen molar-refractivity contribution < 1.29 is 0 Å². The van der Waals surface area contributed by atoms with Gasteiger partial charge in [0, 0.05) is 11.8 Å². The summed E-state index contributed by atoms with van der Waals surface area (Å²) in [4.78, 5) is 0. The summed E-state index contributed by atoms with van der Waals surface area (Å²) in [6.07, 6.45) is 5.15. The maximum atomic E-state index is 3.65. The van der Waals surface area contributed by atoms with E-state index in [1.54, 1.807) is 0 Å². The monoisotopic (exact) mass is 159 g/mol. The molecule has 1 N–H and O–H groups in total.